The fourth-order valence-electron chi connectivity index (χ4n) is 6.53. The first kappa shape index (κ1) is 52.8. The smallest absolute Gasteiger partial charge is 0.267 e. The van der Waals surface area contributed by atoms with E-state index in [4.69, 9.17) is 0 Å². The maximum atomic E-state index is 12.5. The number of aliphatic hydroxyl groups is 1. The SMILES string of the molecule is CC/C=C\C/C=C\C/C=C\C/C=C\C/C=C\CCCCCC(=O)NC(CS(=O)(=O)O)C(O)/C=C/CCCCCCCCCCCCCCCCCCCCC. The van der Waals surface area contributed by atoms with Gasteiger partial charge in [0.15, 0.2) is 0 Å². The van der Waals surface area contributed by atoms with E-state index in [1.54, 1.807) is 6.08 Å². The van der Waals surface area contributed by atoms with Crippen LogP contribution in [0.4, 0.5) is 0 Å². The highest BCUT2D eigenvalue weighted by Gasteiger charge is 2.24. The highest BCUT2D eigenvalue weighted by molar-refractivity contribution is 7.85. The van der Waals surface area contributed by atoms with E-state index in [0.29, 0.717) is 6.42 Å². The summed E-state index contributed by atoms with van der Waals surface area (Å²) in [5.74, 6) is -1.03. The van der Waals surface area contributed by atoms with Crippen LogP contribution >= 0.6 is 0 Å². The standard InChI is InChI=1S/C48H85NO5S/c1-3-5-7-9-11-13-15-17-19-21-23-24-26-27-29-31-33-35-37-39-41-43-47(50)46(45-55(52,53)54)49-48(51)44-42-40-38-36-34-32-30-28-25-22-20-18-16-14-12-10-8-6-4-2/h6,8,12,14,18,20,25,28,32,34,41,43,46-47,50H,3-5,7,9-11,13,15-17,19,21-24,26-27,29-31,33,35-40,42,44-45H2,1-2H3,(H,49,51)(H,52,53,54)/b8-6-,14-12-,20-18-,28-25-,34-32-,43-41+. The Bertz CT molecular complexity index is 1140. The van der Waals surface area contributed by atoms with Gasteiger partial charge in [0.1, 0.15) is 0 Å². The molecule has 7 heteroatoms. The molecule has 0 rings (SSSR count). The molecule has 55 heavy (non-hydrogen) atoms. The molecule has 0 fully saturated rings. The molecule has 0 saturated heterocycles. The predicted molar refractivity (Wildman–Crippen MR) is 239 cm³/mol. The number of amides is 1. The molecule has 2 unspecified atom stereocenters. The molecule has 0 radical (unpaired) electrons. The minimum atomic E-state index is -4.36. The van der Waals surface area contributed by atoms with Crippen molar-refractivity contribution in [3.05, 3.63) is 72.9 Å². The van der Waals surface area contributed by atoms with Crippen molar-refractivity contribution in [2.24, 2.45) is 0 Å². The van der Waals surface area contributed by atoms with Gasteiger partial charge in [-0.05, 0) is 64.2 Å². The third-order valence-electron chi connectivity index (χ3n) is 9.89. The summed E-state index contributed by atoms with van der Waals surface area (Å²) in [6, 6.07) is -1.08. The Balaban J connectivity index is 3.95. The average molecular weight is 788 g/mol. The lowest BCUT2D eigenvalue weighted by molar-refractivity contribution is -0.122. The summed E-state index contributed by atoms with van der Waals surface area (Å²) in [5.41, 5.74) is 0. The Morgan fingerprint density at radius 2 is 0.873 bits per heavy atom. The van der Waals surface area contributed by atoms with Crippen LogP contribution < -0.4 is 5.32 Å². The van der Waals surface area contributed by atoms with Gasteiger partial charge in [-0.3, -0.25) is 9.35 Å². The van der Waals surface area contributed by atoms with E-state index in [1.807, 2.05) is 6.08 Å². The number of unbranched alkanes of at least 4 members (excludes halogenated alkanes) is 22. The lowest BCUT2D eigenvalue weighted by atomic mass is 10.0. The molecule has 0 saturated carbocycles. The van der Waals surface area contributed by atoms with E-state index in [0.717, 1.165) is 70.6 Å². The summed E-state index contributed by atoms with van der Waals surface area (Å²) in [7, 11) is -4.36. The first-order valence-electron chi connectivity index (χ1n) is 22.6. The Morgan fingerprint density at radius 1 is 0.509 bits per heavy atom. The Labute approximate surface area is 340 Å². The van der Waals surface area contributed by atoms with Crippen molar-refractivity contribution in [3.8, 4) is 0 Å². The number of aliphatic hydroxyl groups excluding tert-OH is 1. The average Bonchev–Trinajstić information content (AvgIpc) is 3.15. The molecular weight excluding hydrogens is 703 g/mol. The van der Waals surface area contributed by atoms with Gasteiger partial charge >= 0.3 is 0 Å². The van der Waals surface area contributed by atoms with E-state index < -0.39 is 28.0 Å². The van der Waals surface area contributed by atoms with Gasteiger partial charge in [0, 0.05) is 6.42 Å². The van der Waals surface area contributed by atoms with E-state index in [9.17, 15) is 22.9 Å². The molecule has 0 aliphatic carbocycles. The molecule has 0 aromatic carbocycles. The molecular formula is C48H85NO5S. The minimum absolute atomic E-state index is 0.253. The number of hydrogen-bond donors (Lipinski definition) is 3. The van der Waals surface area contributed by atoms with Gasteiger partial charge in [0.2, 0.25) is 5.91 Å². The molecule has 318 valence electrons. The third kappa shape index (κ3) is 42.8. The van der Waals surface area contributed by atoms with E-state index >= 15 is 0 Å². The van der Waals surface area contributed by atoms with Gasteiger partial charge in [0.25, 0.3) is 10.1 Å². The summed E-state index contributed by atoms with van der Waals surface area (Å²) < 4.78 is 32.6. The zero-order chi connectivity index (χ0) is 40.3. The number of allylic oxidation sites excluding steroid dienone is 11. The van der Waals surface area contributed by atoms with Gasteiger partial charge in [-0.25, -0.2) is 0 Å². The van der Waals surface area contributed by atoms with E-state index in [-0.39, 0.29) is 12.3 Å². The highest BCUT2D eigenvalue weighted by Crippen LogP contribution is 2.15. The fraction of sp³-hybridized carbons (Fsp3) is 0.729. The van der Waals surface area contributed by atoms with Gasteiger partial charge in [-0.2, -0.15) is 8.42 Å². The Hall–Kier alpha value is -2.22. The maximum Gasteiger partial charge on any atom is 0.267 e. The van der Waals surface area contributed by atoms with Crippen LogP contribution in [-0.2, 0) is 14.9 Å². The van der Waals surface area contributed by atoms with Crippen LogP contribution in [0.3, 0.4) is 0 Å². The Kier molecular flexibility index (Phi) is 39.7. The van der Waals surface area contributed by atoms with Crippen molar-refractivity contribution >= 4 is 16.0 Å². The lowest BCUT2D eigenvalue weighted by Gasteiger charge is -2.21. The molecule has 0 aliphatic heterocycles. The summed E-state index contributed by atoms with van der Waals surface area (Å²) in [4.78, 5) is 12.5. The van der Waals surface area contributed by atoms with Crippen LogP contribution in [0.15, 0.2) is 72.9 Å². The normalized spacial score (nSPS) is 13.9. The van der Waals surface area contributed by atoms with E-state index in [1.165, 1.54) is 109 Å². The summed E-state index contributed by atoms with van der Waals surface area (Å²) in [6.07, 6.45) is 58.9. The molecule has 0 aromatic rings. The van der Waals surface area contributed by atoms with Crippen LogP contribution in [0.1, 0.15) is 206 Å². The second kappa shape index (κ2) is 41.4. The summed E-state index contributed by atoms with van der Waals surface area (Å²) in [6.45, 7) is 4.42. The van der Waals surface area contributed by atoms with Gasteiger partial charge < -0.3 is 10.4 Å². The molecule has 0 aromatic heterocycles. The number of rotatable bonds is 40. The zero-order valence-electron chi connectivity index (χ0n) is 35.5. The largest absolute Gasteiger partial charge is 0.387 e. The van der Waals surface area contributed by atoms with Gasteiger partial charge in [0.05, 0.1) is 17.9 Å². The molecule has 0 bridgehead atoms. The molecule has 0 aliphatic rings. The summed E-state index contributed by atoms with van der Waals surface area (Å²) in [5, 5.41) is 13.3. The molecule has 0 heterocycles. The van der Waals surface area contributed by atoms with Crippen molar-refractivity contribution in [3.63, 3.8) is 0 Å². The minimum Gasteiger partial charge on any atom is -0.387 e. The Morgan fingerprint density at radius 3 is 1.29 bits per heavy atom. The highest BCUT2D eigenvalue weighted by atomic mass is 32.2. The third-order valence-corrected chi connectivity index (χ3v) is 10.7. The van der Waals surface area contributed by atoms with Crippen molar-refractivity contribution in [2.45, 2.75) is 219 Å². The second-order valence-electron chi connectivity index (χ2n) is 15.3. The fourth-order valence-corrected chi connectivity index (χ4v) is 7.27. The van der Waals surface area contributed by atoms with Crippen molar-refractivity contribution in [1.82, 2.24) is 5.32 Å². The van der Waals surface area contributed by atoms with Crippen molar-refractivity contribution in [1.29, 1.82) is 0 Å². The lowest BCUT2D eigenvalue weighted by Crippen LogP contribution is -2.46. The second-order valence-corrected chi connectivity index (χ2v) is 16.8. The van der Waals surface area contributed by atoms with Crippen LogP contribution in [-0.4, -0.2) is 41.9 Å². The van der Waals surface area contributed by atoms with Crippen LogP contribution in [0.2, 0.25) is 0 Å². The van der Waals surface area contributed by atoms with E-state index in [2.05, 4.69) is 79.9 Å². The van der Waals surface area contributed by atoms with Crippen LogP contribution in [0.5, 0.6) is 0 Å². The first-order chi connectivity index (χ1) is 26.8. The quantitative estimate of drug-likeness (QED) is 0.0326. The molecule has 0 spiro atoms. The van der Waals surface area contributed by atoms with Gasteiger partial charge in [-0.15, -0.1) is 0 Å². The maximum absolute atomic E-state index is 12.5. The molecule has 3 N–H and O–H groups in total. The molecule has 1 amide bonds. The predicted octanol–water partition coefficient (Wildman–Crippen LogP) is 13.8. The number of hydrogen-bond acceptors (Lipinski definition) is 4. The topological polar surface area (TPSA) is 104 Å². The van der Waals surface area contributed by atoms with Gasteiger partial charge in [-0.1, -0.05) is 209 Å². The van der Waals surface area contributed by atoms with Crippen molar-refractivity contribution in [2.75, 3.05) is 5.75 Å². The van der Waals surface area contributed by atoms with Crippen LogP contribution in [0, 0.1) is 0 Å². The van der Waals surface area contributed by atoms with Crippen molar-refractivity contribution < 1.29 is 22.9 Å². The zero-order valence-corrected chi connectivity index (χ0v) is 36.3. The van der Waals surface area contributed by atoms with Crippen LogP contribution in [0.25, 0.3) is 0 Å². The number of carbonyl (C=O) groups is 1. The number of nitrogens with one attached hydrogen (secondary N) is 1. The molecule has 6 nitrogen and oxygen atoms in total. The first-order valence-corrected chi connectivity index (χ1v) is 24.2. The monoisotopic (exact) mass is 788 g/mol. The molecule has 2 atom stereocenters. The number of carbonyl (C=O) groups excluding carboxylic acids is 1. The summed E-state index contributed by atoms with van der Waals surface area (Å²) >= 11 is 0.